The Morgan fingerprint density at radius 2 is 2.11 bits per heavy atom. The van der Waals surface area contributed by atoms with Crippen LogP contribution in [0.15, 0.2) is 18.2 Å². The number of halogens is 1. The number of aryl methyl sites for hydroxylation is 1. The van der Waals surface area contributed by atoms with E-state index in [9.17, 15) is 14.3 Å². The number of carbonyl (C=O) groups excluding carboxylic acids is 1. The fourth-order valence-electron chi connectivity index (χ4n) is 1.90. The van der Waals surface area contributed by atoms with Crippen LogP contribution >= 0.6 is 11.8 Å². The predicted octanol–water partition coefficient (Wildman–Crippen LogP) is 2.33. The summed E-state index contributed by atoms with van der Waals surface area (Å²) in [6.45, 7) is 1.79. The van der Waals surface area contributed by atoms with Crippen molar-refractivity contribution in [2.24, 2.45) is 0 Å². The van der Waals surface area contributed by atoms with Crippen molar-refractivity contribution in [2.75, 3.05) is 16.8 Å². The zero-order chi connectivity index (χ0) is 13.2. The van der Waals surface area contributed by atoms with Gasteiger partial charge in [0.15, 0.2) is 0 Å². The first kappa shape index (κ1) is 13.4. The van der Waals surface area contributed by atoms with Crippen molar-refractivity contribution < 1.29 is 14.3 Å². The lowest BCUT2D eigenvalue weighted by Crippen LogP contribution is -2.45. The van der Waals surface area contributed by atoms with Crippen molar-refractivity contribution >= 4 is 23.4 Å². The van der Waals surface area contributed by atoms with Crippen LogP contribution in [-0.4, -0.2) is 28.1 Å². The van der Waals surface area contributed by atoms with Gasteiger partial charge in [-0.25, -0.2) is 4.39 Å². The van der Waals surface area contributed by atoms with Gasteiger partial charge in [-0.05, 0) is 49.0 Å². The summed E-state index contributed by atoms with van der Waals surface area (Å²) in [6.07, 6.45) is 0.885. The first-order chi connectivity index (χ1) is 8.51. The Bertz CT molecular complexity index is 458. The molecule has 1 amide bonds. The minimum absolute atomic E-state index is 0.401. The predicted molar refractivity (Wildman–Crippen MR) is 71.3 cm³/mol. The SMILES string of the molecule is Cc1ccc(F)cc1NC(=O)C1(O)CCSCC1. The van der Waals surface area contributed by atoms with Gasteiger partial charge in [-0.2, -0.15) is 11.8 Å². The quantitative estimate of drug-likeness (QED) is 0.866. The molecule has 0 aromatic heterocycles. The summed E-state index contributed by atoms with van der Waals surface area (Å²) in [5, 5.41) is 12.9. The number of rotatable bonds is 2. The maximum atomic E-state index is 13.1. The van der Waals surface area contributed by atoms with E-state index in [0.29, 0.717) is 18.5 Å². The molecule has 0 spiro atoms. The van der Waals surface area contributed by atoms with Gasteiger partial charge in [0.05, 0.1) is 0 Å². The number of hydrogen-bond donors (Lipinski definition) is 2. The van der Waals surface area contributed by atoms with Gasteiger partial charge in [0.25, 0.3) is 5.91 Å². The van der Waals surface area contributed by atoms with Crippen molar-refractivity contribution in [1.29, 1.82) is 0 Å². The number of benzene rings is 1. The fourth-order valence-corrected chi connectivity index (χ4v) is 3.07. The van der Waals surface area contributed by atoms with E-state index in [-0.39, 0.29) is 0 Å². The average Bonchev–Trinajstić information content (AvgIpc) is 2.35. The first-order valence-corrected chi connectivity index (χ1v) is 7.04. The number of carbonyl (C=O) groups is 1. The van der Waals surface area contributed by atoms with Crippen LogP contribution < -0.4 is 5.32 Å². The Kier molecular flexibility index (Phi) is 3.92. The molecule has 5 heteroatoms. The number of amides is 1. The zero-order valence-corrected chi connectivity index (χ0v) is 11.0. The number of hydrogen-bond acceptors (Lipinski definition) is 3. The Hall–Kier alpha value is -1.07. The van der Waals surface area contributed by atoms with Crippen molar-refractivity contribution in [3.63, 3.8) is 0 Å². The molecule has 1 fully saturated rings. The Labute approximate surface area is 110 Å². The highest BCUT2D eigenvalue weighted by Crippen LogP contribution is 2.28. The largest absolute Gasteiger partial charge is 0.380 e. The van der Waals surface area contributed by atoms with E-state index >= 15 is 0 Å². The van der Waals surface area contributed by atoms with E-state index in [1.165, 1.54) is 12.1 Å². The van der Waals surface area contributed by atoms with E-state index in [1.807, 2.05) is 0 Å². The maximum Gasteiger partial charge on any atom is 0.256 e. The normalized spacial score (nSPS) is 18.4. The van der Waals surface area contributed by atoms with E-state index in [4.69, 9.17) is 0 Å². The molecule has 3 nitrogen and oxygen atoms in total. The summed E-state index contributed by atoms with van der Waals surface area (Å²) in [5.41, 5.74) is -0.116. The molecular formula is C13H16FNO2S. The average molecular weight is 269 g/mol. The summed E-state index contributed by atoms with van der Waals surface area (Å²) in [5.74, 6) is 0.705. The third-order valence-electron chi connectivity index (χ3n) is 3.19. The molecule has 1 aromatic rings. The molecule has 1 aromatic carbocycles. The Balaban J connectivity index is 2.13. The summed E-state index contributed by atoms with van der Waals surface area (Å²) in [6, 6.07) is 4.22. The molecule has 0 saturated carbocycles. The van der Waals surface area contributed by atoms with Crippen LogP contribution in [0.5, 0.6) is 0 Å². The second-order valence-electron chi connectivity index (χ2n) is 4.56. The highest BCUT2D eigenvalue weighted by molar-refractivity contribution is 7.99. The van der Waals surface area contributed by atoms with Gasteiger partial charge in [-0.1, -0.05) is 6.07 Å². The molecule has 0 unspecified atom stereocenters. The fraction of sp³-hybridized carbons (Fsp3) is 0.462. The molecule has 1 heterocycles. The molecular weight excluding hydrogens is 253 g/mol. The lowest BCUT2D eigenvalue weighted by atomic mass is 9.95. The minimum atomic E-state index is -1.32. The number of aliphatic hydroxyl groups is 1. The smallest absolute Gasteiger partial charge is 0.256 e. The van der Waals surface area contributed by atoms with Gasteiger partial charge < -0.3 is 10.4 Å². The van der Waals surface area contributed by atoms with Crippen LogP contribution in [0, 0.1) is 12.7 Å². The number of nitrogens with one attached hydrogen (secondary N) is 1. The Morgan fingerprint density at radius 3 is 2.78 bits per heavy atom. The van der Waals surface area contributed by atoms with Crippen LogP contribution in [0.3, 0.4) is 0 Å². The van der Waals surface area contributed by atoms with E-state index in [0.717, 1.165) is 17.1 Å². The number of thioether (sulfide) groups is 1. The van der Waals surface area contributed by atoms with Gasteiger partial charge in [-0.3, -0.25) is 4.79 Å². The van der Waals surface area contributed by atoms with Gasteiger partial charge >= 0.3 is 0 Å². The van der Waals surface area contributed by atoms with Crippen LogP contribution in [0.4, 0.5) is 10.1 Å². The molecule has 98 valence electrons. The number of anilines is 1. The van der Waals surface area contributed by atoms with Gasteiger partial charge in [0.1, 0.15) is 11.4 Å². The molecule has 0 radical (unpaired) electrons. The van der Waals surface area contributed by atoms with Gasteiger partial charge in [0, 0.05) is 5.69 Å². The van der Waals surface area contributed by atoms with Crippen molar-refractivity contribution in [1.82, 2.24) is 0 Å². The molecule has 2 rings (SSSR count). The zero-order valence-electron chi connectivity index (χ0n) is 10.2. The first-order valence-electron chi connectivity index (χ1n) is 5.89. The molecule has 0 bridgehead atoms. The molecule has 1 aliphatic rings. The lowest BCUT2D eigenvalue weighted by Gasteiger charge is -2.30. The second kappa shape index (κ2) is 5.28. The third kappa shape index (κ3) is 2.84. The molecule has 0 atom stereocenters. The van der Waals surface area contributed by atoms with E-state index < -0.39 is 17.3 Å². The summed E-state index contributed by atoms with van der Waals surface area (Å²) in [4.78, 5) is 12.1. The van der Waals surface area contributed by atoms with E-state index in [2.05, 4.69) is 5.32 Å². The summed E-state index contributed by atoms with van der Waals surface area (Å²) < 4.78 is 13.1. The highest BCUT2D eigenvalue weighted by atomic mass is 32.2. The van der Waals surface area contributed by atoms with Crippen molar-refractivity contribution in [2.45, 2.75) is 25.4 Å². The maximum absolute atomic E-state index is 13.1. The minimum Gasteiger partial charge on any atom is -0.380 e. The standard InChI is InChI=1S/C13H16FNO2S/c1-9-2-3-10(14)8-11(9)15-12(16)13(17)4-6-18-7-5-13/h2-3,8,17H,4-7H2,1H3,(H,15,16). The molecule has 2 N–H and O–H groups in total. The van der Waals surface area contributed by atoms with Crippen LogP contribution in [0.25, 0.3) is 0 Å². The summed E-state index contributed by atoms with van der Waals surface area (Å²) >= 11 is 1.73. The van der Waals surface area contributed by atoms with Gasteiger partial charge in [-0.15, -0.1) is 0 Å². The van der Waals surface area contributed by atoms with Crippen molar-refractivity contribution in [3.05, 3.63) is 29.6 Å². The molecule has 0 aliphatic carbocycles. The van der Waals surface area contributed by atoms with Crippen LogP contribution in [-0.2, 0) is 4.79 Å². The second-order valence-corrected chi connectivity index (χ2v) is 5.78. The summed E-state index contributed by atoms with van der Waals surface area (Å²) in [7, 11) is 0. The molecule has 1 aliphatic heterocycles. The third-order valence-corrected chi connectivity index (χ3v) is 4.18. The Morgan fingerprint density at radius 1 is 1.44 bits per heavy atom. The lowest BCUT2D eigenvalue weighted by molar-refractivity contribution is -0.134. The topological polar surface area (TPSA) is 49.3 Å². The van der Waals surface area contributed by atoms with Gasteiger partial charge in [0.2, 0.25) is 0 Å². The van der Waals surface area contributed by atoms with Crippen molar-refractivity contribution in [3.8, 4) is 0 Å². The highest BCUT2D eigenvalue weighted by Gasteiger charge is 2.37. The van der Waals surface area contributed by atoms with Crippen LogP contribution in [0.1, 0.15) is 18.4 Å². The van der Waals surface area contributed by atoms with E-state index in [1.54, 1.807) is 24.8 Å². The monoisotopic (exact) mass is 269 g/mol. The molecule has 1 saturated heterocycles. The molecule has 18 heavy (non-hydrogen) atoms. The van der Waals surface area contributed by atoms with Crippen LogP contribution in [0.2, 0.25) is 0 Å².